The van der Waals surface area contributed by atoms with Crippen LogP contribution in [0.4, 0.5) is 21.6 Å². The summed E-state index contributed by atoms with van der Waals surface area (Å²) in [5, 5.41) is 7.73. The predicted molar refractivity (Wildman–Crippen MR) is 174 cm³/mol. The number of anilines is 3. The van der Waals surface area contributed by atoms with Gasteiger partial charge in [-0.3, -0.25) is 9.78 Å². The second-order valence-corrected chi connectivity index (χ2v) is 12.1. The normalized spacial score (nSPS) is 18.8. The molecule has 240 valence electrons. The number of imidazole rings is 1. The van der Waals surface area contributed by atoms with Crippen LogP contribution in [0.25, 0.3) is 16.9 Å². The van der Waals surface area contributed by atoms with Crippen LogP contribution in [0.3, 0.4) is 0 Å². The average molecular weight is 636 g/mol. The molecule has 5 aromatic rings. The molecule has 11 nitrogen and oxygen atoms in total. The second kappa shape index (κ2) is 11.9. The Balaban J connectivity index is 1.16. The van der Waals surface area contributed by atoms with E-state index in [-0.39, 0.29) is 12.0 Å². The number of benzene rings is 2. The van der Waals surface area contributed by atoms with Gasteiger partial charge < -0.3 is 29.3 Å². The lowest BCUT2D eigenvalue weighted by molar-refractivity contribution is -0.0443. The van der Waals surface area contributed by atoms with Crippen LogP contribution in [0, 0.1) is 0 Å². The maximum absolute atomic E-state index is 13.7. The Labute approximate surface area is 270 Å². The topological polar surface area (TPSA) is 106 Å². The molecule has 2 aliphatic heterocycles. The maximum atomic E-state index is 13.7. The van der Waals surface area contributed by atoms with Crippen molar-refractivity contribution in [2.75, 3.05) is 43.7 Å². The summed E-state index contributed by atoms with van der Waals surface area (Å²) >= 11 is 0. The lowest BCUT2D eigenvalue weighted by atomic mass is 10.0. The highest BCUT2D eigenvalue weighted by molar-refractivity contribution is 5.94. The fraction of sp³-hybridized carbons (Fsp3) is 0.314. The molecule has 1 amide bonds. The zero-order valence-electron chi connectivity index (χ0n) is 26.1. The Hall–Kier alpha value is -5.07. The zero-order chi connectivity index (χ0) is 32.1. The van der Waals surface area contributed by atoms with Crippen LogP contribution >= 0.6 is 0 Å². The van der Waals surface area contributed by atoms with Crippen molar-refractivity contribution in [3.63, 3.8) is 0 Å². The van der Waals surface area contributed by atoms with E-state index < -0.39 is 18.1 Å². The molecule has 1 saturated carbocycles. The third kappa shape index (κ3) is 5.53. The number of rotatable bonds is 9. The first-order chi connectivity index (χ1) is 23.0. The summed E-state index contributed by atoms with van der Waals surface area (Å²) in [5.41, 5.74) is 7.69. The number of pyridine rings is 1. The van der Waals surface area contributed by atoms with E-state index in [1.54, 1.807) is 11.6 Å². The highest BCUT2D eigenvalue weighted by Crippen LogP contribution is 2.40. The SMILES string of the molecule is COc1ccc(CN(C)c2cc(N3CCc4c(-c5ccc(C6OCCO6)cn5)cccc43)nn3c(C(=O)N[C@@H]4C[C@@H]4F)cnc23)cc1. The molecule has 2 atom stereocenters. The molecule has 5 heterocycles. The Morgan fingerprint density at radius 1 is 1.09 bits per heavy atom. The molecule has 2 aromatic carbocycles. The largest absolute Gasteiger partial charge is 0.497 e. The minimum Gasteiger partial charge on any atom is -0.497 e. The molecular weight excluding hydrogens is 601 g/mol. The van der Waals surface area contributed by atoms with Crippen molar-refractivity contribution >= 4 is 28.7 Å². The Morgan fingerprint density at radius 2 is 1.89 bits per heavy atom. The molecule has 0 spiro atoms. The molecule has 1 N–H and O–H groups in total. The highest BCUT2D eigenvalue weighted by Gasteiger charge is 2.39. The summed E-state index contributed by atoms with van der Waals surface area (Å²) in [6.45, 7) is 2.44. The lowest BCUT2D eigenvalue weighted by Gasteiger charge is -2.24. The van der Waals surface area contributed by atoms with Crippen molar-refractivity contribution in [3.8, 4) is 17.0 Å². The van der Waals surface area contributed by atoms with Gasteiger partial charge in [-0.1, -0.05) is 30.3 Å². The first-order valence-corrected chi connectivity index (χ1v) is 15.7. The van der Waals surface area contributed by atoms with Gasteiger partial charge in [0.1, 0.15) is 11.9 Å². The molecule has 1 saturated heterocycles. The number of fused-ring (bicyclic) bond motifs is 2. The van der Waals surface area contributed by atoms with E-state index in [1.165, 1.54) is 11.8 Å². The monoisotopic (exact) mass is 635 g/mol. The van der Waals surface area contributed by atoms with Crippen molar-refractivity contribution in [1.82, 2.24) is 24.9 Å². The summed E-state index contributed by atoms with van der Waals surface area (Å²) < 4.78 is 31.9. The van der Waals surface area contributed by atoms with Gasteiger partial charge in [0.2, 0.25) is 0 Å². The van der Waals surface area contributed by atoms with Gasteiger partial charge in [-0.2, -0.15) is 0 Å². The van der Waals surface area contributed by atoms with Gasteiger partial charge in [0.25, 0.3) is 5.91 Å². The van der Waals surface area contributed by atoms with Crippen LogP contribution < -0.4 is 19.9 Å². The van der Waals surface area contributed by atoms with Crippen molar-refractivity contribution in [2.24, 2.45) is 0 Å². The molecule has 0 radical (unpaired) electrons. The van der Waals surface area contributed by atoms with E-state index >= 15 is 0 Å². The van der Waals surface area contributed by atoms with E-state index in [1.807, 2.05) is 61.8 Å². The lowest BCUT2D eigenvalue weighted by Crippen LogP contribution is -2.29. The van der Waals surface area contributed by atoms with Gasteiger partial charge in [0.15, 0.2) is 23.4 Å². The molecule has 3 aromatic heterocycles. The predicted octanol–water partition coefficient (Wildman–Crippen LogP) is 5.02. The van der Waals surface area contributed by atoms with Crippen LogP contribution in [0.1, 0.15) is 39.9 Å². The molecule has 8 rings (SSSR count). The molecule has 0 bridgehead atoms. The number of nitrogens with one attached hydrogen (secondary N) is 1. The van der Waals surface area contributed by atoms with E-state index in [4.69, 9.17) is 24.3 Å². The first-order valence-electron chi connectivity index (χ1n) is 15.7. The van der Waals surface area contributed by atoms with Crippen molar-refractivity contribution in [3.05, 3.63) is 95.4 Å². The molecule has 1 aliphatic carbocycles. The molecule has 12 heteroatoms. The molecule has 47 heavy (non-hydrogen) atoms. The number of ether oxygens (including phenoxy) is 3. The van der Waals surface area contributed by atoms with Crippen LogP contribution in [0.15, 0.2) is 73.1 Å². The third-order valence-corrected chi connectivity index (χ3v) is 8.95. The zero-order valence-corrected chi connectivity index (χ0v) is 26.1. The summed E-state index contributed by atoms with van der Waals surface area (Å²) in [6, 6.07) is 19.7. The number of hydrogen-bond acceptors (Lipinski definition) is 9. The number of nitrogens with zero attached hydrogens (tertiary/aromatic N) is 6. The van der Waals surface area contributed by atoms with Crippen molar-refractivity contribution in [1.29, 1.82) is 0 Å². The number of hydrogen-bond donors (Lipinski definition) is 1. The van der Waals surface area contributed by atoms with Crippen molar-refractivity contribution < 1.29 is 23.4 Å². The molecule has 0 unspecified atom stereocenters. The van der Waals surface area contributed by atoms with Gasteiger partial charge in [-0.05, 0) is 41.8 Å². The Morgan fingerprint density at radius 3 is 2.62 bits per heavy atom. The Bertz CT molecular complexity index is 1940. The number of carbonyl (C=O) groups excluding carboxylic acids is 1. The van der Waals surface area contributed by atoms with Gasteiger partial charge in [-0.15, -0.1) is 5.10 Å². The summed E-state index contributed by atoms with van der Waals surface area (Å²) in [6.07, 6.45) is 3.05. The second-order valence-electron chi connectivity index (χ2n) is 12.1. The maximum Gasteiger partial charge on any atom is 0.271 e. The van der Waals surface area contributed by atoms with E-state index in [0.717, 1.165) is 45.9 Å². The van der Waals surface area contributed by atoms with Gasteiger partial charge >= 0.3 is 0 Å². The van der Waals surface area contributed by atoms with Gasteiger partial charge in [0.05, 0.1) is 43.9 Å². The van der Waals surface area contributed by atoms with E-state index in [2.05, 4.69) is 32.2 Å². The quantitative estimate of drug-likeness (QED) is 0.239. The van der Waals surface area contributed by atoms with E-state index in [9.17, 15) is 9.18 Å². The number of amides is 1. The minimum absolute atomic E-state index is 0.257. The Kier molecular flexibility index (Phi) is 7.45. The van der Waals surface area contributed by atoms with Gasteiger partial charge in [-0.25, -0.2) is 13.9 Å². The van der Waals surface area contributed by atoms with Crippen LogP contribution in [0.2, 0.25) is 0 Å². The number of alkyl halides is 1. The van der Waals surface area contributed by atoms with Crippen LogP contribution in [0.5, 0.6) is 5.75 Å². The number of aromatic nitrogens is 4. The van der Waals surface area contributed by atoms with Crippen LogP contribution in [-0.2, 0) is 22.4 Å². The molecular formula is C35H34FN7O4. The fourth-order valence-corrected chi connectivity index (χ4v) is 6.32. The molecule has 3 aliphatic rings. The van der Waals surface area contributed by atoms with Gasteiger partial charge in [0, 0.05) is 55.6 Å². The van der Waals surface area contributed by atoms with Crippen LogP contribution in [-0.4, -0.2) is 71.6 Å². The number of halogens is 1. The molecule has 2 fully saturated rings. The minimum atomic E-state index is -1.02. The third-order valence-electron chi connectivity index (χ3n) is 8.95. The first kappa shape index (κ1) is 29.3. The summed E-state index contributed by atoms with van der Waals surface area (Å²) in [5.74, 6) is 1.06. The highest BCUT2D eigenvalue weighted by atomic mass is 19.1. The van der Waals surface area contributed by atoms with Crippen molar-refractivity contribution in [2.45, 2.75) is 37.9 Å². The average Bonchev–Trinajstić information content (AvgIpc) is 3.57. The fourth-order valence-electron chi connectivity index (χ4n) is 6.32. The summed E-state index contributed by atoms with van der Waals surface area (Å²) in [4.78, 5) is 26.9. The number of carbonyl (C=O) groups is 1. The standard InChI is InChI=1S/C35H34FN7O4/c1-41(20-21-6-9-23(45-2)10-7-21)30-17-32(40-43-31(19-38-33(30)43)34(44)39-28-16-26(28)36)42-13-12-25-24(4-3-5-29(25)42)27-11-8-22(18-37-27)35-46-14-15-47-35/h3-11,17-19,26,28,35H,12-16,20H2,1-2H3,(H,39,44)/t26-,28+/m0/s1. The summed E-state index contributed by atoms with van der Waals surface area (Å²) in [7, 11) is 3.63. The number of methoxy groups -OCH3 is 1. The van der Waals surface area contributed by atoms with E-state index in [0.29, 0.717) is 44.2 Å². The smallest absolute Gasteiger partial charge is 0.271 e.